The standard InChI is InChI=1S/C25H20N2O2S2/c1-15-4-9-20-24(11-15)31-25(27-20)16-5-7-18(8-6-16)26-14-19-21(28)12-17(13-22(19)29)23-3-2-10-30-23/h2-11,14,17,28H,12-13H2,1H3. The predicted molar refractivity (Wildman–Crippen MR) is 129 cm³/mol. The first-order valence-electron chi connectivity index (χ1n) is 10.1. The van der Waals surface area contributed by atoms with E-state index in [4.69, 9.17) is 4.98 Å². The fraction of sp³-hybridized carbons (Fsp3) is 0.160. The number of benzene rings is 2. The molecule has 6 heteroatoms. The second-order valence-corrected chi connectivity index (χ2v) is 9.71. The second-order valence-electron chi connectivity index (χ2n) is 7.70. The summed E-state index contributed by atoms with van der Waals surface area (Å²) in [5, 5.41) is 13.4. The van der Waals surface area contributed by atoms with Gasteiger partial charge in [-0.05, 0) is 60.3 Å². The van der Waals surface area contributed by atoms with E-state index in [0.717, 1.165) is 26.7 Å². The number of aliphatic hydroxyl groups is 1. The first kappa shape index (κ1) is 19.8. The first-order chi connectivity index (χ1) is 15.1. The molecule has 0 radical (unpaired) electrons. The molecule has 2 aromatic heterocycles. The molecule has 1 N–H and O–H groups in total. The molecule has 1 aliphatic carbocycles. The lowest BCUT2D eigenvalue weighted by atomic mass is 9.86. The zero-order valence-electron chi connectivity index (χ0n) is 16.9. The summed E-state index contributed by atoms with van der Waals surface area (Å²) in [4.78, 5) is 22.9. The van der Waals surface area contributed by atoms with Crippen molar-refractivity contribution in [2.24, 2.45) is 4.99 Å². The molecule has 1 atom stereocenters. The van der Waals surface area contributed by atoms with E-state index in [9.17, 15) is 9.90 Å². The van der Waals surface area contributed by atoms with E-state index in [2.05, 4.69) is 24.0 Å². The first-order valence-corrected chi connectivity index (χ1v) is 11.8. The topological polar surface area (TPSA) is 62.6 Å². The van der Waals surface area contributed by atoms with Crippen molar-refractivity contribution in [1.29, 1.82) is 0 Å². The van der Waals surface area contributed by atoms with Gasteiger partial charge in [0.2, 0.25) is 0 Å². The number of hydrogen-bond donors (Lipinski definition) is 1. The van der Waals surface area contributed by atoms with Gasteiger partial charge in [0.25, 0.3) is 0 Å². The van der Waals surface area contributed by atoms with Crippen LogP contribution in [0.15, 0.2) is 76.3 Å². The van der Waals surface area contributed by atoms with Crippen LogP contribution < -0.4 is 0 Å². The van der Waals surface area contributed by atoms with Crippen molar-refractivity contribution in [3.8, 4) is 10.6 Å². The van der Waals surface area contributed by atoms with E-state index >= 15 is 0 Å². The maximum absolute atomic E-state index is 12.6. The maximum atomic E-state index is 12.6. The number of thiazole rings is 1. The van der Waals surface area contributed by atoms with Crippen molar-refractivity contribution in [2.45, 2.75) is 25.7 Å². The molecule has 2 heterocycles. The number of Topliss-reactive ketones (excluding diaryl/α,β-unsaturated/α-hetero) is 1. The van der Waals surface area contributed by atoms with Crippen molar-refractivity contribution >= 4 is 50.6 Å². The van der Waals surface area contributed by atoms with E-state index in [-0.39, 0.29) is 17.5 Å². The molecule has 4 nitrogen and oxygen atoms in total. The largest absolute Gasteiger partial charge is 0.511 e. The van der Waals surface area contributed by atoms with Crippen molar-refractivity contribution in [1.82, 2.24) is 4.98 Å². The minimum absolute atomic E-state index is 0.0570. The van der Waals surface area contributed by atoms with Crippen LogP contribution in [-0.4, -0.2) is 22.1 Å². The molecule has 1 aliphatic rings. The third kappa shape index (κ3) is 4.09. The van der Waals surface area contributed by atoms with Gasteiger partial charge in [-0.3, -0.25) is 9.79 Å². The Morgan fingerprint density at radius 1 is 1.13 bits per heavy atom. The van der Waals surface area contributed by atoms with Crippen molar-refractivity contribution < 1.29 is 9.90 Å². The normalized spacial score (nSPS) is 17.2. The predicted octanol–water partition coefficient (Wildman–Crippen LogP) is 6.99. The molecule has 154 valence electrons. The van der Waals surface area contributed by atoms with Crippen molar-refractivity contribution in [2.75, 3.05) is 0 Å². The van der Waals surface area contributed by atoms with E-state index in [0.29, 0.717) is 18.4 Å². The molecule has 0 fully saturated rings. The number of aromatic nitrogens is 1. The van der Waals surface area contributed by atoms with E-state index in [1.807, 2.05) is 47.8 Å². The van der Waals surface area contributed by atoms with Gasteiger partial charge in [0.05, 0.1) is 21.5 Å². The number of allylic oxidation sites excluding steroid dienone is 2. The number of fused-ring (bicyclic) bond motifs is 1. The zero-order chi connectivity index (χ0) is 21.4. The van der Waals surface area contributed by atoms with Gasteiger partial charge in [-0.1, -0.05) is 12.1 Å². The maximum Gasteiger partial charge on any atom is 0.168 e. The number of aryl methyl sites for hydroxylation is 1. The van der Waals surface area contributed by atoms with Crippen LogP contribution >= 0.6 is 22.7 Å². The highest BCUT2D eigenvalue weighted by Crippen LogP contribution is 2.36. The number of hydrogen-bond acceptors (Lipinski definition) is 6. The highest BCUT2D eigenvalue weighted by molar-refractivity contribution is 7.21. The van der Waals surface area contributed by atoms with Crippen molar-refractivity contribution in [3.05, 3.63) is 81.8 Å². The number of thiophene rings is 1. The summed E-state index contributed by atoms with van der Waals surface area (Å²) < 4.78 is 1.18. The fourth-order valence-corrected chi connectivity index (χ4v) is 5.67. The van der Waals surface area contributed by atoms with Gasteiger partial charge < -0.3 is 5.11 Å². The van der Waals surface area contributed by atoms with Crippen LogP contribution in [-0.2, 0) is 4.79 Å². The number of nitrogens with zero attached hydrogens (tertiary/aromatic N) is 2. The van der Waals surface area contributed by atoms with E-state index in [1.165, 1.54) is 16.5 Å². The average molecular weight is 445 g/mol. The van der Waals surface area contributed by atoms with Crippen LogP contribution in [0.2, 0.25) is 0 Å². The molecular weight excluding hydrogens is 424 g/mol. The third-order valence-electron chi connectivity index (χ3n) is 5.43. The highest BCUT2D eigenvalue weighted by atomic mass is 32.1. The third-order valence-corrected chi connectivity index (χ3v) is 7.53. The Hall–Kier alpha value is -3.09. The minimum Gasteiger partial charge on any atom is -0.511 e. The van der Waals surface area contributed by atoms with Crippen LogP contribution in [0.25, 0.3) is 20.8 Å². The minimum atomic E-state index is -0.0627. The Morgan fingerprint density at radius 3 is 2.71 bits per heavy atom. The van der Waals surface area contributed by atoms with Crippen LogP contribution in [0.5, 0.6) is 0 Å². The summed E-state index contributed by atoms with van der Waals surface area (Å²) in [6.07, 6.45) is 2.38. The number of rotatable bonds is 4. The highest BCUT2D eigenvalue weighted by Gasteiger charge is 2.28. The van der Waals surface area contributed by atoms with Gasteiger partial charge in [-0.2, -0.15) is 0 Å². The Kier molecular flexibility index (Phi) is 5.26. The molecule has 0 aliphatic heterocycles. The number of aliphatic hydroxyl groups excluding tert-OH is 1. The molecule has 0 bridgehead atoms. The average Bonchev–Trinajstić information content (AvgIpc) is 3.43. The van der Waals surface area contributed by atoms with Gasteiger partial charge in [-0.25, -0.2) is 4.98 Å². The summed E-state index contributed by atoms with van der Waals surface area (Å²) in [6, 6.07) is 18.0. The fourth-order valence-electron chi connectivity index (χ4n) is 3.77. The Balaban J connectivity index is 1.34. The molecule has 1 unspecified atom stereocenters. The molecule has 0 saturated carbocycles. The van der Waals surface area contributed by atoms with Gasteiger partial charge in [0.15, 0.2) is 5.78 Å². The lowest BCUT2D eigenvalue weighted by molar-refractivity contribution is -0.116. The molecule has 0 saturated heterocycles. The molecule has 4 aromatic rings. The van der Waals surface area contributed by atoms with Gasteiger partial charge in [0.1, 0.15) is 10.8 Å². The number of aliphatic imine (C=N–C) groups is 1. The van der Waals surface area contributed by atoms with Gasteiger partial charge in [-0.15, -0.1) is 22.7 Å². The van der Waals surface area contributed by atoms with E-state index < -0.39 is 0 Å². The SMILES string of the molecule is Cc1ccc2nc(-c3ccc(N=CC4=C(O)CC(c5cccs5)CC4=O)cc3)sc2c1. The summed E-state index contributed by atoms with van der Waals surface area (Å²) in [6.45, 7) is 2.08. The van der Waals surface area contributed by atoms with Crippen LogP contribution in [0.3, 0.4) is 0 Å². The molecular formula is C25H20N2O2S2. The van der Waals surface area contributed by atoms with Gasteiger partial charge >= 0.3 is 0 Å². The summed E-state index contributed by atoms with van der Waals surface area (Å²) in [7, 11) is 0. The molecule has 31 heavy (non-hydrogen) atoms. The Morgan fingerprint density at radius 2 is 1.97 bits per heavy atom. The summed E-state index contributed by atoms with van der Waals surface area (Å²) in [5.74, 6) is 0.119. The Bertz CT molecular complexity index is 1320. The Labute approximate surface area is 188 Å². The van der Waals surface area contributed by atoms with Crippen LogP contribution in [0.1, 0.15) is 29.2 Å². The van der Waals surface area contributed by atoms with E-state index in [1.54, 1.807) is 22.7 Å². The molecule has 0 amide bonds. The number of carbonyl (C=O) groups excluding carboxylic acids is 1. The molecule has 5 rings (SSSR count). The summed E-state index contributed by atoms with van der Waals surface area (Å²) in [5.41, 5.74) is 4.32. The second kappa shape index (κ2) is 8.21. The number of ketones is 1. The number of carbonyl (C=O) groups is 1. The quantitative estimate of drug-likeness (QED) is 0.345. The van der Waals surface area contributed by atoms with Crippen LogP contribution in [0, 0.1) is 6.92 Å². The lowest BCUT2D eigenvalue weighted by Gasteiger charge is -2.20. The lowest BCUT2D eigenvalue weighted by Crippen LogP contribution is -2.18. The zero-order valence-corrected chi connectivity index (χ0v) is 18.5. The van der Waals surface area contributed by atoms with Crippen LogP contribution in [0.4, 0.5) is 5.69 Å². The van der Waals surface area contributed by atoms with Crippen molar-refractivity contribution in [3.63, 3.8) is 0 Å². The molecule has 0 spiro atoms. The molecule has 2 aromatic carbocycles. The van der Waals surface area contributed by atoms with Gasteiger partial charge in [0, 0.05) is 35.4 Å². The summed E-state index contributed by atoms with van der Waals surface area (Å²) >= 11 is 3.29. The smallest absolute Gasteiger partial charge is 0.168 e. The monoisotopic (exact) mass is 444 g/mol.